The number of thioether (sulfide) groups is 1. The molecule has 0 radical (unpaired) electrons. The van der Waals surface area contributed by atoms with Crippen molar-refractivity contribution >= 4 is 35.0 Å². The molecule has 0 aliphatic rings. The molecule has 0 aliphatic carbocycles. The van der Waals surface area contributed by atoms with Crippen molar-refractivity contribution in [3.63, 3.8) is 0 Å². The summed E-state index contributed by atoms with van der Waals surface area (Å²) in [4.78, 5) is 12.6. The van der Waals surface area contributed by atoms with Crippen LogP contribution in [0.2, 0.25) is 5.02 Å². The molecule has 0 aliphatic heterocycles. The van der Waals surface area contributed by atoms with Crippen LogP contribution < -0.4 is 5.32 Å². The first-order chi connectivity index (χ1) is 12.4. The van der Waals surface area contributed by atoms with Crippen molar-refractivity contribution in [2.75, 3.05) is 5.32 Å². The zero-order valence-corrected chi connectivity index (χ0v) is 16.2. The van der Waals surface area contributed by atoms with Gasteiger partial charge in [0.25, 0.3) is 0 Å². The molecule has 1 amide bonds. The Kier molecular flexibility index (Phi) is 5.58. The van der Waals surface area contributed by atoms with Gasteiger partial charge in [0.2, 0.25) is 11.1 Å². The second-order valence-corrected chi connectivity index (χ2v) is 7.67. The maximum Gasteiger partial charge on any atom is 0.237 e. The zero-order valence-electron chi connectivity index (χ0n) is 14.6. The van der Waals surface area contributed by atoms with E-state index in [1.807, 2.05) is 51.1 Å². The molecule has 0 fully saturated rings. The highest BCUT2D eigenvalue weighted by molar-refractivity contribution is 8.00. The van der Waals surface area contributed by atoms with E-state index < -0.39 is 0 Å². The van der Waals surface area contributed by atoms with Crippen LogP contribution in [0.3, 0.4) is 0 Å². The summed E-state index contributed by atoms with van der Waals surface area (Å²) in [5.74, 6) is -0.107. The average molecular weight is 388 g/mol. The number of halogens is 1. The summed E-state index contributed by atoms with van der Waals surface area (Å²) >= 11 is 7.32. The third kappa shape index (κ3) is 4.23. The normalized spacial score (nSPS) is 12.0. The third-order valence-electron chi connectivity index (χ3n) is 3.80. The van der Waals surface area contributed by atoms with Crippen LogP contribution in [0.5, 0.6) is 0 Å². The fourth-order valence-electron chi connectivity index (χ4n) is 2.34. The molecule has 3 aromatic rings. The first kappa shape index (κ1) is 18.4. The largest absolute Gasteiger partial charge is 0.325 e. The summed E-state index contributed by atoms with van der Waals surface area (Å²) in [7, 11) is 0. The fourth-order valence-corrected chi connectivity index (χ4v) is 3.33. The van der Waals surface area contributed by atoms with Gasteiger partial charge < -0.3 is 5.32 Å². The maximum atomic E-state index is 12.6. The molecule has 0 unspecified atom stereocenters. The van der Waals surface area contributed by atoms with E-state index in [0.717, 1.165) is 22.5 Å². The monoisotopic (exact) mass is 387 g/mol. The lowest BCUT2D eigenvalue weighted by atomic mass is 10.1. The highest BCUT2D eigenvalue weighted by atomic mass is 35.5. The molecule has 26 heavy (non-hydrogen) atoms. The number of hydrogen-bond donors (Lipinski definition) is 1. The Balaban J connectivity index is 1.74. The van der Waals surface area contributed by atoms with E-state index in [1.165, 1.54) is 11.8 Å². The quantitative estimate of drug-likeness (QED) is 0.668. The van der Waals surface area contributed by atoms with Crippen LogP contribution in [0, 0.1) is 13.8 Å². The number of amides is 1. The predicted molar refractivity (Wildman–Crippen MR) is 104 cm³/mol. The number of carbonyl (C=O) groups excluding carboxylic acids is 1. The molecule has 8 heteroatoms. The van der Waals surface area contributed by atoms with E-state index >= 15 is 0 Å². The van der Waals surface area contributed by atoms with Gasteiger partial charge in [-0.3, -0.25) is 4.79 Å². The highest BCUT2D eigenvalue weighted by Crippen LogP contribution is 2.25. The third-order valence-corrected chi connectivity index (χ3v) is 5.06. The van der Waals surface area contributed by atoms with Crippen LogP contribution in [0.1, 0.15) is 18.1 Å². The number of rotatable bonds is 5. The van der Waals surface area contributed by atoms with E-state index in [-0.39, 0.29) is 11.2 Å². The molecule has 2 aromatic carbocycles. The Hall–Kier alpha value is -2.38. The Morgan fingerprint density at radius 1 is 1.23 bits per heavy atom. The zero-order chi connectivity index (χ0) is 18.7. The number of nitrogens with zero attached hydrogens (tertiary/aromatic N) is 4. The molecule has 0 bridgehead atoms. The van der Waals surface area contributed by atoms with Gasteiger partial charge in [-0.1, -0.05) is 41.6 Å². The average Bonchev–Trinajstić information content (AvgIpc) is 3.06. The van der Waals surface area contributed by atoms with Gasteiger partial charge in [0.1, 0.15) is 0 Å². The van der Waals surface area contributed by atoms with Crippen LogP contribution >= 0.6 is 23.4 Å². The highest BCUT2D eigenvalue weighted by Gasteiger charge is 2.20. The lowest BCUT2D eigenvalue weighted by Gasteiger charge is -2.14. The number of aryl methyl sites for hydroxylation is 2. The van der Waals surface area contributed by atoms with Crippen molar-refractivity contribution in [3.05, 3.63) is 58.6 Å². The van der Waals surface area contributed by atoms with E-state index in [2.05, 4.69) is 20.8 Å². The molecule has 0 saturated heterocycles. The smallest absolute Gasteiger partial charge is 0.237 e. The van der Waals surface area contributed by atoms with E-state index in [9.17, 15) is 4.79 Å². The van der Waals surface area contributed by atoms with Gasteiger partial charge >= 0.3 is 0 Å². The Labute approximate surface area is 160 Å². The number of aromatic nitrogens is 4. The minimum Gasteiger partial charge on any atom is -0.325 e. The molecule has 0 saturated carbocycles. The van der Waals surface area contributed by atoms with Crippen LogP contribution in [0.25, 0.3) is 5.69 Å². The van der Waals surface area contributed by atoms with E-state index in [4.69, 9.17) is 11.6 Å². The number of carbonyl (C=O) groups is 1. The van der Waals surface area contributed by atoms with Gasteiger partial charge in [0.05, 0.1) is 10.9 Å². The van der Waals surface area contributed by atoms with Crippen molar-refractivity contribution in [2.45, 2.75) is 31.2 Å². The Morgan fingerprint density at radius 3 is 2.81 bits per heavy atom. The molecule has 1 atom stereocenters. The van der Waals surface area contributed by atoms with Crippen molar-refractivity contribution in [1.29, 1.82) is 0 Å². The number of nitrogens with one attached hydrogen (secondary N) is 1. The minimum absolute atomic E-state index is 0.107. The molecular formula is C18H18ClN5OS. The standard InChI is InChI=1S/C18H18ClN5OS/c1-11-7-8-12(2)16(9-11)20-17(25)13(3)26-18-21-22-23-24(18)15-6-4-5-14(19)10-15/h4-10,13H,1-3H3,(H,20,25)/t13-/m1/s1. The summed E-state index contributed by atoms with van der Waals surface area (Å²) in [6.45, 7) is 5.78. The summed E-state index contributed by atoms with van der Waals surface area (Å²) in [6, 6.07) is 13.2. The minimum atomic E-state index is -0.376. The molecule has 0 spiro atoms. The van der Waals surface area contributed by atoms with Gasteiger partial charge in [-0.2, -0.15) is 4.68 Å². The molecule has 1 N–H and O–H groups in total. The second-order valence-electron chi connectivity index (χ2n) is 5.92. The number of benzene rings is 2. The SMILES string of the molecule is Cc1ccc(C)c(NC(=O)[C@@H](C)Sc2nnnn2-c2cccc(Cl)c2)c1. The second kappa shape index (κ2) is 7.88. The number of anilines is 1. The lowest BCUT2D eigenvalue weighted by Crippen LogP contribution is -2.23. The van der Waals surface area contributed by atoms with Gasteiger partial charge in [0.15, 0.2) is 0 Å². The van der Waals surface area contributed by atoms with E-state index in [0.29, 0.717) is 10.2 Å². The molecular weight excluding hydrogens is 370 g/mol. The van der Waals surface area contributed by atoms with Gasteiger partial charge in [0, 0.05) is 10.7 Å². The van der Waals surface area contributed by atoms with Crippen molar-refractivity contribution in [3.8, 4) is 5.69 Å². The van der Waals surface area contributed by atoms with Gasteiger partial charge in [-0.05, 0) is 66.6 Å². The molecule has 3 rings (SSSR count). The first-order valence-electron chi connectivity index (χ1n) is 8.03. The molecule has 6 nitrogen and oxygen atoms in total. The first-order valence-corrected chi connectivity index (χ1v) is 9.29. The Morgan fingerprint density at radius 2 is 2.04 bits per heavy atom. The summed E-state index contributed by atoms with van der Waals surface area (Å²) in [5, 5.41) is 15.4. The summed E-state index contributed by atoms with van der Waals surface area (Å²) in [5.41, 5.74) is 3.67. The maximum absolute atomic E-state index is 12.6. The van der Waals surface area contributed by atoms with Crippen molar-refractivity contribution in [2.24, 2.45) is 0 Å². The van der Waals surface area contributed by atoms with Crippen LogP contribution in [0.4, 0.5) is 5.69 Å². The molecule has 1 heterocycles. The summed E-state index contributed by atoms with van der Waals surface area (Å²) in [6.07, 6.45) is 0. The van der Waals surface area contributed by atoms with Crippen LogP contribution in [-0.4, -0.2) is 31.4 Å². The van der Waals surface area contributed by atoms with E-state index in [1.54, 1.807) is 16.8 Å². The van der Waals surface area contributed by atoms with Crippen LogP contribution in [-0.2, 0) is 4.79 Å². The molecule has 134 valence electrons. The van der Waals surface area contributed by atoms with Crippen molar-refractivity contribution in [1.82, 2.24) is 20.2 Å². The van der Waals surface area contributed by atoms with Gasteiger partial charge in [-0.25, -0.2) is 0 Å². The lowest BCUT2D eigenvalue weighted by molar-refractivity contribution is -0.115. The fraction of sp³-hybridized carbons (Fsp3) is 0.222. The summed E-state index contributed by atoms with van der Waals surface area (Å²) < 4.78 is 1.57. The number of tetrazole rings is 1. The van der Waals surface area contributed by atoms with Gasteiger partial charge in [-0.15, -0.1) is 5.10 Å². The van der Waals surface area contributed by atoms with Crippen molar-refractivity contribution < 1.29 is 4.79 Å². The predicted octanol–water partition coefficient (Wildman–Crippen LogP) is 4.05. The Bertz CT molecular complexity index is 943. The number of hydrogen-bond acceptors (Lipinski definition) is 5. The topological polar surface area (TPSA) is 72.7 Å². The molecule has 1 aromatic heterocycles. The van der Waals surface area contributed by atoms with Crippen LogP contribution in [0.15, 0.2) is 47.6 Å².